The number of amides is 2. The number of thiophene rings is 1. The Labute approximate surface area is 145 Å². The molecule has 3 heterocycles. The summed E-state index contributed by atoms with van der Waals surface area (Å²) in [6, 6.07) is 7.80. The molecule has 24 heavy (non-hydrogen) atoms. The standard InChI is InChI=1S/C17H22N4O2S/c1-13-12-21(6-7-23-13)16-5-4-14(9-18-16)10-19-17(22)20-11-15-3-2-8-24-15/h2-5,8-9,13H,6-7,10-12H2,1H3,(H2,19,20,22). The third kappa shape index (κ3) is 4.69. The maximum absolute atomic E-state index is 11.8. The molecule has 2 aromatic rings. The van der Waals surface area contributed by atoms with Crippen LogP contribution in [-0.4, -0.2) is 36.8 Å². The van der Waals surface area contributed by atoms with Gasteiger partial charge in [0.15, 0.2) is 0 Å². The van der Waals surface area contributed by atoms with Gasteiger partial charge in [0, 0.05) is 30.7 Å². The van der Waals surface area contributed by atoms with Gasteiger partial charge in [-0.1, -0.05) is 12.1 Å². The number of anilines is 1. The summed E-state index contributed by atoms with van der Waals surface area (Å²) in [5.74, 6) is 0.955. The van der Waals surface area contributed by atoms with E-state index in [2.05, 4.69) is 27.4 Å². The van der Waals surface area contributed by atoms with Gasteiger partial charge in [0.2, 0.25) is 0 Å². The summed E-state index contributed by atoms with van der Waals surface area (Å²) in [6.45, 7) is 5.53. The number of morpholine rings is 1. The number of rotatable bonds is 5. The Morgan fingerprint density at radius 2 is 2.25 bits per heavy atom. The van der Waals surface area contributed by atoms with Gasteiger partial charge in [0.05, 0.1) is 19.3 Å². The average Bonchev–Trinajstić information content (AvgIpc) is 3.12. The summed E-state index contributed by atoms with van der Waals surface area (Å²) in [6.07, 6.45) is 2.04. The number of carbonyl (C=O) groups excluding carboxylic acids is 1. The lowest BCUT2D eigenvalue weighted by Gasteiger charge is -2.32. The van der Waals surface area contributed by atoms with Gasteiger partial charge in [-0.3, -0.25) is 0 Å². The van der Waals surface area contributed by atoms with Crippen LogP contribution in [0.25, 0.3) is 0 Å². The first kappa shape index (κ1) is 16.7. The molecule has 0 bridgehead atoms. The Bertz CT molecular complexity index is 645. The molecule has 2 N–H and O–H groups in total. The molecule has 2 aromatic heterocycles. The van der Waals surface area contributed by atoms with Gasteiger partial charge in [-0.15, -0.1) is 11.3 Å². The number of carbonyl (C=O) groups is 1. The summed E-state index contributed by atoms with van der Waals surface area (Å²) in [7, 11) is 0. The molecule has 0 saturated carbocycles. The third-order valence-electron chi connectivity index (χ3n) is 3.83. The zero-order valence-corrected chi connectivity index (χ0v) is 14.5. The Hall–Kier alpha value is -2.12. The number of hydrogen-bond acceptors (Lipinski definition) is 5. The van der Waals surface area contributed by atoms with Gasteiger partial charge < -0.3 is 20.3 Å². The zero-order valence-electron chi connectivity index (χ0n) is 13.7. The van der Waals surface area contributed by atoms with E-state index in [0.29, 0.717) is 13.1 Å². The van der Waals surface area contributed by atoms with Crippen molar-refractivity contribution in [2.75, 3.05) is 24.6 Å². The molecule has 7 heteroatoms. The molecular formula is C17H22N4O2S. The quantitative estimate of drug-likeness (QED) is 0.872. The van der Waals surface area contributed by atoms with Crippen molar-refractivity contribution in [3.8, 4) is 0 Å². The molecule has 128 valence electrons. The van der Waals surface area contributed by atoms with Crippen molar-refractivity contribution in [2.45, 2.75) is 26.1 Å². The predicted octanol–water partition coefficient (Wildman–Crippen LogP) is 2.37. The molecular weight excluding hydrogens is 324 g/mol. The second-order valence-corrected chi connectivity index (χ2v) is 6.80. The molecule has 3 rings (SSSR count). The molecule has 0 aromatic carbocycles. The van der Waals surface area contributed by atoms with Crippen LogP contribution >= 0.6 is 11.3 Å². The fourth-order valence-electron chi connectivity index (χ4n) is 2.56. The highest BCUT2D eigenvalue weighted by molar-refractivity contribution is 7.09. The summed E-state index contributed by atoms with van der Waals surface area (Å²) in [5.41, 5.74) is 0.978. The van der Waals surface area contributed by atoms with E-state index in [1.807, 2.05) is 35.8 Å². The lowest BCUT2D eigenvalue weighted by molar-refractivity contribution is 0.0529. The van der Waals surface area contributed by atoms with Crippen LogP contribution in [0.15, 0.2) is 35.8 Å². The molecule has 1 unspecified atom stereocenters. The van der Waals surface area contributed by atoms with E-state index in [1.165, 1.54) is 0 Å². The molecule has 1 fully saturated rings. The summed E-state index contributed by atoms with van der Waals surface area (Å²) in [4.78, 5) is 19.7. The van der Waals surface area contributed by atoms with Gasteiger partial charge in [0.25, 0.3) is 0 Å². The number of nitrogens with zero attached hydrogens (tertiary/aromatic N) is 2. The first-order valence-corrected chi connectivity index (χ1v) is 8.94. The second-order valence-electron chi connectivity index (χ2n) is 5.77. The van der Waals surface area contributed by atoms with Gasteiger partial charge in [-0.25, -0.2) is 9.78 Å². The highest BCUT2D eigenvalue weighted by Crippen LogP contribution is 2.15. The first-order chi connectivity index (χ1) is 11.7. The van der Waals surface area contributed by atoms with Crippen molar-refractivity contribution in [3.05, 3.63) is 46.3 Å². The number of nitrogens with one attached hydrogen (secondary N) is 2. The Morgan fingerprint density at radius 1 is 1.38 bits per heavy atom. The van der Waals surface area contributed by atoms with Crippen LogP contribution in [0, 0.1) is 0 Å². The highest BCUT2D eigenvalue weighted by atomic mass is 32.1. The Balaban J connectivity index is 1.44. The molecule has 1 aliphatic rings. The van der Waals surface area contributed by atoms with Gasteiger partial charge in [-0.2, -0.15) is 0 Å². The molecule has 0 aliphatic carbocycles. The lowest BCUT2D eigenvalue weighted by Crippen LogP contribution is -2.41. The van der Waals surface area contributed by atoms with Crippen LogP contribution in [0.4, 0.5) is 10.6 Å². The number of pyridine rings is 1. The van der Waals surface area contributed by atoms with Crippen LogP contribution < -0.4 is 15.5 Å². The van der Waals surface area contributed by atoms with E-state index in [9.17, 15) is 4.79 Å². The maximum Gasteiger partial charge on any atom is 0.315 e. The molecule has 2 amide bonds. The van der Waals surface area contributed by atoms with E-state index in [1.54, 1.807) is 11.3 Å². The van der Waals surface area contributed by atoms with Crippen LogP contribution in [-0.2, 0) is 17.8 Å². The molecule has 1 saturated heterocycles. The van der Waals surface area contributed by atoms with Gasteiger partial charge in [0.1, 0.15) is 5.82 Å². The normalized spacial score (nSPS) is 17.5. The zero-order chi connectivity index (χ0) is 16.8. The van der Waals surface area contributed by atoms with Crippen molar-refractivity contribution >= 4 is 23.2 Å². The number of aromatic nitrogens is 1. The summed E-state index contributed by atoms with van der Waals surface area (Å²) in [5, 5.41) is 7.69. The molecule has 6 nitrogen and oxygen atoms in total. The molecule has 1 atom stereocenters. The molecule has 0 radical (unpaired) electrons. The minimum atomic E-state index is -0.172. The van der Waals surface area contributed by atoms with Crippen molar-refractivity contribution in [2.24, 2.45) is 0 Å². The van der Waals surface area contributed by atoms with Crippen LogP contribution in [0.5, 0.6) is 0 Å². The number of hydrogen-bond donors (Lipinski definition) is 2. The van der Waals surface area contributed by atoms with E-state index in [4.69, 9.17) is 4.74 Å². The highest BCUT2D eigenvalue weighted by Gasteiger charge is 2.17. The van der Waals surface area contributed by atoms with Crippen LogP contribution in [0.1, 0.15) is 17.4 Å². The fourth-order valence-corrected chi connectivity index (χ4v) is 3.20. The van der Waals surface area contributed by atoms with Crippen molar-refractivity contribution in [3.63, 3.8) is 0 Å². The van der Waals surface area contributed by atoms with Crippen LogP contribution in [0.2, 0.25) is 0 Å². The monoisotopic (exact) mass is 346 g/mol. The van der Waals surface area contributed by atoms with Gasteiger partial charge in [-0.05, 0) is 30.0 Å². The second kappa shape index (κ2) is 8.12. The van der Waals surface area contributed by atoms with E-state index >= 15 is 0 Å². The summed E-state index contributed by atoms with van der Waals surface area (Å²) < 4.78 is 5.54. The fraction of sp³-hybridized carbons (Fsp3) is 0.412. The molecule has 0 spiro atoms. The largest absolute Gasteiger partial charge is 0.375 e. The summed E-state index contributed by atoms with van der Waals surface area (Å²) >= 11 is 1.63. The maximum atomic E-state index is 11.8. The van der Waals surface area contributed by atoms with E-state index in [-0.39, 0.29) is 12.1 Å². The minimum Gasteiger partial charge on any atom is -0.375 e. The van der Waals surface area contributed by atoms with E-state index in [0.717, 1.165) is 36.0 Å². The van der Waals surface area contributed by atoms with Crippen molar-refractivity contribution in [1.29, 1.82) is 0 Å². The first-order valence-electron chi connectivity index (χ1n) is 8.06. The SMILES string of the molecule is CC1CN(c2ccc(CNC(=O)NCc3cccs3)cn2)CCO1. The Morgan fingerprint density at radius 3 is 2.96 bits per heavy atom. The van der Waals surface area contributed by atoms with E-state index < -0.39 is 0 Å². The van der Waals surface area contributed by atoms with Crippen LogP contribution in [0.3, 0.4) is 0 Å². The average molecular weight is 346 g/mol. The predicted molar refractivity (Wildman–Crippen MR) is 95.3 cm³/mol. The smallest absolute Gasteiger partial charge is 0.315 e. The Kier molecular flexibility index (Phi) is 5.66. The molecule has 1 aliphatic heterocycles. The minimum absolute atomic E-state index is 0.172. The van der Waals surface area contributed by atoms with Crippen molar-refractivity contribution in [1.82, 2.24) is 15.6 Å². The number of ether oxygens (including phenoxy) is 1. The van der Waals surface area contributed by atoms with Gasteiger partial charge >= 0.3 is 6.03 Å². The van der Waals surface area contributed by atoms with Crippen molar-refractivity contribution < 1.29 is 9.53 Å². The lowest BCUT2D eigenvalue weighted by atomic mass is 10.2. The topological polar surface area (TPSA) is 66.5 Å². The third-order valence-corrected chi connectivity index (χ3v) is 4.71. The number of urea groups is 1.